The van der Waals surface area contributed by atoms with Crippen molar-refractivity contribution in [1.29, 1.82) is 0 Å². The van der Waals surface area contributed by atoms with Crippen molar-refractivity contribution in [2.75, 3.05) is 38.2 Å². The molecule has 1 aromatic rings. The Kier molecular flexibility index (Phi) is 4.63. The van der Waals surface area contributed by atoms with Crippen LogP contribution in [0.4, 0.5) is 5.69 Å². The number of amides is 1. The fourth-order valence-electron chi connectivity index (χ4n) is 2.18. The first-order chi connectivity index (χ1) is 9.08. The standard InChI is InChI=1S/C13H18ClN3O2/c1-17(8-10-7-16-4-5-19-10)12-3-2-9(14)6-11(12)13(15)18/h2-3,6,10,16H,4-5,7-8H2,1H3,(H2,15,18). The Bertz CT molecular complexity index is 461. The zero-order chi connectivity index (χ0) is 13.8. The van der Waals surface area contributed by atoms with Crippen LogP contribution in [0.25, 0.3) is 0 Å². The summed E-state index contributed by atoms with van der Waals surface area (Å²) in [5.41, 5.74) is 6.59. The molecule has 0 radical (unpaired) electrons. The molecule has 1 saturated heterocycles. The zero-order valence-corrected chi connectivity index (χ0v) is 11.6. The van der Waals surface area contributed by atoms with Crippen LogP contribution in [0.3, 0.4) is 0 Å². The summed E-state index contributed by atoms with van der Waals surface area (Å²) in [5, 5.41) is 3.78. The third kappa shape index (κ3) is 3.59. The number of nitrogens with zero attached hydrogens (tertiary/aromatic N) is 1. The van der Waals surface area contributed by atoms with Crippen molar-refractivity contribution >= 4 is 23.2 Å². The van der Waals surface area contributed by atoms with Gasteiger partial charge in [-0.05, 0) is 18.2 Å². The largest absolute Gasteiger partial charge is 0.374 e. The minimum atomic E-state index is -0.480. The van der Waals surface area contributed by atoms with Gasteiger partial charge in [-0.3, -0.25) is 4.79 Å². The van der Waals surface area contributed by atoms with Crippen LogP contribution in [0.15, 0.2) is 18.2 Å². The van der Waals surface area contributed by atoms with Crippen molar-refractivity contribution in [1.82, 2.24) is 5.32 Å². The van der Waals surface area contributed by atoms with Gasteiger partial charge >= 0.3 is 0 Å². The normalized spacial score (nSPS) is 19.2. The van der Waals surface area contributed by atoms with Crippen LogP contribution in [-0.2, 0) is 4.74 Å². The quantitative estimate of drug-likeness (QED) is 0.860. The summed E-state index contributed by atoms with van der Waals surface area (Å²) < 4.78 is 5.65. The Hall–Kier alpha value is -1.30. The number of rotatable bonds is 4. The summed E-state index contributed by atoms with van der Waals surface area (Å²) in [4.78, 5) is 13.4. The Balaban J connectivity index is 2.13. The van der Waals surface area contributed by atoms with Gasteiger partial charge in [-0.1, -0.05) is 11.6 Å². The number of nitrogens with one attached hydrogen (secondary N) is 1. The van der Waals surface area contributed by atoms with E-state index in [1.165, 1.54) is 0 Å². The van der Waals surface area contributed by atoms with Gasteiger partial charge in [0.05, 0.1) is 18.3 Å². The van der Waals surface area contributed by atoms with E-state index in [9.17, 15) is 4.79 Å². The lowest BCUT2D eigenvalue weighted by molar-refractivity contribution is 0.0340. The third-order valence-corrected chi connectivity index (χ3v) is 3.35. The molecule has 104 valence electrons. The van der Waals surface area contributed by atoms with Gasteiger partial charge in [0, 0.05) is 37.4 Å². The predicted molar refractivity (Wildman–Crippen MR) is 75.8 cm³/mol. The number of hydrogen-bond donors (Lipinski definition) is 2. The number of anilines is 1. The van der Waals surface area contributed by atoms with Gasteiger partial charge < -0.3 is 20.7 Å². The summed E-state index contributed by atoms with van der Waals surface area (Å²) in [6.07, 6.45) is 0.107. The van der Waals surface area contributed by atoms with E-state index in [1.807, 2.05) is 11.9 Å². The van der Waals surface area contributed by atoms with Gasteiger partial charge in [-0.25, -0.2) is 0 Å². The van der Waals surface area contributed by atoms with Crippen LogP contribution in [0, 0.1) is 0 Å². The van der Waals surface area contributed by atoms with Crippen molar-refractivity contribution in [2.24, 2.45) is 5.73 Å². The first-order valence-electron chi connectivity index (χ1n) is 6.20. The lowest BCUT2D eigenvalue weighted by Crippen LogP contribution is -2.44. The van der Waals surface area contributed by atoms with E-state index in [0.717, 1.165) is 18.8 Å². The Labute approximate surface area is 117 Å². The number of likely N-dealkylation sites (N-methyl/N-ethyl adjacent to an activating group) is 1. The molecular formula is C13H18ClN3O2. The molecule has 1 aromatic carbocycles. The molecule has 1 fully saturated rings. The number of hydrogen-bond acceptors (Lipinski definition) is 4. The fourth-order valence-corrected chi connectivity index (χ4v) is 2.35. The van der Waals surface area contributed by atoms with E-state index in [0.29, 0.717) is 23.7 Å². The van der Waals surface area contributed by atoms with E-state index in [1.54, 1.807) is 18.2 Å². The number of nitrogens with two attached hydrogens (primary N) is 1. The van der Waals surface area contributed by atoms with Crippen molar-refractivity contribution < 1.29 is 9.53 Å². The second-order valence-electron chi connectivity index (χ2n) is 4.60. The molecule has 6 heteroatoms. The first-order valence-corrected chi connectivity index (χ1v) is 6.58. The molecule has 3 N–H and O–H groups in total. The minimum Gasteiger partial charge on any atom is -0.374 e. The predicted octanol–water partition coefficient (Wildman–Crippen LogP) is 0.863. The first kappa shape index (κ1) is 14.1. The van der Waals surface area contributed by atoms with Crippen LogP contribution in [0.5, 0.6) is 0 Å². The highest BCUT2D eigenvalue weighted by atomic mass is 35.5. The van der Waals surface area contributed by atoms with Gasteiger partial charge in [-0.2, -0.15) is 0 Å². The molecule has 0 aromatic heterocycles. The lowest BCUT2D eigenvalue weighted by Gasteiger charge is -2.30. The summed E-state index contributed by atoms with van der Waals surface area (Å²) in [7, 11) is 1.91. The van der Waals surface area contributed by atoms with Gasteiger partial charge in [0.15, 0.2) is 0 Å². The molecule has 1 aliphatic rings. The zero-order valence-electron chi connectivity index (χ0n) is 10.9. The van der Waals surface area contributed by atoms with Gasteiger partial charge in [0.2, 0.25) is 0 Å². The second-order valence-corrected chi connectivity index (χ2v) is 5.04. The SMILES string of the molecule is CN(CC1CNCCO1)c1ccc(Cl)cc1C(N)=O. The molecule has 2 rings (SSSR count). The number of carbonyl (C=O) groups is 1. The molecule has 0 aliphatic carbocycles. The number of ether oxygens (including phenoxy) is 1. The number of primary amides is 1. The molecule has 0 bridgehead atoms. The van der Waals surface area contributed by atoms with E-state index in [2.05, 4.69) is 5.32 Å². The highest BCUT2D eigenvalue weighted by Crippen LogP contribution is 2.23. The molecule has 19 heavy (non-hydrogen) atoms. The van der Waals surface area contributed by atoms with Crippen LogP contribution in [0.2, 0.25) is 5.02 Å². The van der Waals surface area contributed by atoms with E-state index >= 15 is 0 Å². The average molecular weight is 284 g/mol. The highest BCUT2D eigenvalue weighted by molar-refractivity contribution is 6.31. The number of halogens is 1. The van der Waals surface area contributed by atoms with Gasteiger partial charge in [0.25, 0.3) is 5.91 Å². The molecule has 1 unspecified atom stereocenters. The van der Waals surface area contributed by atoms with Gasteiger partial charge in [0.1, 0.15) is 0 Å². The Morgan fingerprint density at radius 3 is 3.05 bits per heavy atom. The fraction of sp³-hybridized carbons (Fsp3) is 0.462. The number of benzene rings is 1. The topological polar surface area (TPSA) is 67.6 Å². The molecule has 1 aliphatic heterocycles. The molecule has 5 nitrogen and oxygen atoms in total. The van der Waals surface area contributed by atoms with Crippen molar-refractivity contribution in [2.45, 2.75) is 6.10 Å². The molecular weight excluding hydrogens is 266 g/mol. The van der Waals surface area contributed by atoms with Crippen molar-refractivity contribution in [3.63, 3.8) is 0 Å². The smallest absolute Gasteiger partial charge is 0.250 e. The summed E-state index contributed by atoms with van der Waals surface area (Å²) >= 11 is 5.90. The lowest BCUT2D eigenvalue weighted by atomic mass is 10.1. The van der Waals surface area contributed by atoms with Crippen LogP contribution in [-0.4, -0.2) is 45.3 Å². The maximum Gasteiger partial charge on any atom is 0.250 e. The Morgan fingerprint density at radius 1 is 1.63 bits per heavy atom. The maximum atomic E-state index is 11.5. The molecule has 0 spiro atoms. The van der Waals surface area contributed by atoms with Crippen molar-refractivity contribution in [3.05, 3.63) is 28.8 Å². The monoisotopic (exact) mass is 283 g/mol. The van der Waals surface area contributed by atoms with Crippen molar-refractivity contribution in [3.8, 4) is 0 Å². The summed E-state index contributed by atoms with van der Waals surface area (Å²) in [6.45, 7) is 3.09. The van der Waals surface area contributed by atoms with Crippen LogP contribution >= 0.6 is 11.6 Å². The van der Waals surface area contributed by atoms with E-state index in [-0.39, 0.29) is 6.10 Å². The molecule has 0 saturated carbocycles. The second kappa shape index (κ2) is 6.23. The van der Waals surface area contributed by atoms with E-state index in [4.69, 9.17) is 22.1 Å². The Morgan fingerprint density at radius 2 is 2.42 bits per heavy atom. The average Bonchev–Trinajstić information content (AvgIpc) is 2.39. The molecule has 1 amide bonds. The summed E-state index contributed by atoms with van der Waals surface area (Å²) in [6, 6.07) is 5.15. The summed E-state index contributed by atoms with van der Waals surface area (Å²) in [5.74, 6) is -0.480. The van der Waals surface area contributed by atoms with Crippen LogP contribution in [0.1, 0.15) is 10.4 Å². The van der Waals surface area contributed by atoms with Crippen LogP contribution < -0.4 is 16.0 Å². The maximum absolute atomic E-state index is 11.5. The van der Waals surface area contributed by atoms with Gasteiger partial charge in [-0.15, -0.1) is 0 Å². The highest BCUT2D eigenvalue weighted by Gasteiger charge is 2.18. The number of morpholine rings is 1. The minimum absolute atomic E-state index is 0.107. The molecule has 1 heterocycles. The number of carbonyl (C=O) groups excluding carboxylic acids is 1. The third-order valence-electron chi connectivity index (χ3n) is 3.12. The molecule has 1 atom stereocenters. The van der Waals surface area contributed by atoms with E-state index < -0.39 is 5.91 Å².